The standard InChI is InChI=1S/C16H20N2O2S/c1-4-20-15(19)10-18(3)9-14-11-21-16(17-14)13-7-5-12(2)6-8-13/h5-8,11H,4,9-10H2,1-3H3. The van der Waals surface area contributed by atoms with Crippen molar-refractivity contribution in [2.45, 2.75) is 20.4 Å². The minimum Gasteiger partial charge on any atom is -0.465 e. The zero-order valence-electron chi connectivity index (χ0n) is 12.6. The Bertz CT molecular complexity index is 593. The van der Waals surface area contributed by atoms with Gasteiger partial charge in [0.2, 0.25) is 0 Å². The van der Waals surface area contributed by atoms with E-state index in [1.165, 1.54) is 5.56 Å². The van der Waals surface area contributed by atoms with Crippen LogP contribution in [0.4, 0.5) is 0 Å². The highest BCUT2D eigenvalue weighted by molar-refractivity contribution is 7.13. The molecule has 2 aromatic rings. The van der Waals surface area contributed by atoms with E-state index in [2.05, 4.69) is 36.2 Å². The van der Waals surface area contributed by atoms with Crippen LogP contribution < -0.4 is 0 Å². The number of rotatable bonds is 6. The molecule has 1 heterocycles. The van der Waals surface area contributed by atoms with Crippen molar-refractivity contribution in [3.05, 3.63) is 40.9 Å². The summed E-state index contributed by atoms with van der Waals surface area (Å²) in [4.78, 5) is 18.0. The van der Waals surface area contributed by atoms with Crippen LogP contribution in [0.15, 0.2) is 29.6 Å². The smallest absolute Gasteiger partial charge is 0.320 e. The number of hydrogen-bond acceptors (Lipinski definition) is 5. The maximum Gasteiger partial charge on any atom is 0.320 e. The highest BCUT2D eigenvalue weighted by atomic mass is 32.1. The lowest BCUT2D eigenvalue weighted by atomic mass is 10.2. The molecule has 112 valence electrons. The van der Waals surface area contributed by atoms with Gasteiger partial charge < -0.3 is 4.74 Å². The van der Waals surface area contributed by atoms with Gasteiger partial charge in [-0.15, -0.1) is 11.3 Å². The molecule has 0 atom stereocenters. The number of hydrogen-bond donors (Lipinski definition) is 0. The molecule has 0 unspecified atom stereocenters. The monoisotopic (exact) mass is 304 g/mol. The Hall–Kier alpha value is -1.72. The van der Waals surface area contributed by atoms with E-state index >= 15 is 0 Å². The van der Waals surface area contributed by atoms with Gasteiger partial charge in [0.1, 0.15) is 5.01 Å². The predicted molar refractivity (Wildman–Crippen MR) is 85.3 cm³/mol. The molecule has 0 radical (unpaired) electrons. The van der Waals surface area contributed by atoms with Gasteiger partial charge in [0, 0.05) is 17.5 Å². The first-order chi connectivity index (χ1) is 10.1. The lowest BCUT2D eigenvalue weighted by Gasteiger charge is -2.13. The zero-order chi connectivity index (χ0) is 15.2. The summed E-state index contributed by atoms with van der Waals surface area (Å²) in [5.74, 6) is -0.200. The fourth-order valence-corrected chi connectivity index (χ4v) is 2.78. The van der Waals surface area contributed by atoms with Gasteiger partial charge in [-0.05, 0) is 20.9 Å². The first-order valence-corrected chi connectivity index (χ1v) is 7.82. The van der Waals surface area contributed by atoms with E-state index in [4.69, 9.17) is 4.74 Å². The summed E-state index contributed by atoms with van der Waals surface area (Å²) in [5, 5.41) is 3.05. The molecule has 0 aliphatic heterocycles. The number of nitrogens with zero attached hydrogens (tertiary/aromatic N) is 2. The summed E-state index contributed by atoms with van der Waals surface area (Å²) in [5.41, 5.74) is 3.34. The van der Waals surface area contributed by atoms with Crippen LogP contribution in [0.5, 0.6) is 0 Å². The van der Waals surface area contributed by atoms with Gasteiger partial charge in [-0.25, -0.2) is 4.98 Å². The Morgan fingerprint density at radius 1 is 1.33 bits per heavy atom. The number of benzene rings is 1. The lowest BCUT2D eigenvalue weighted by Crippen LogP contribution is -2.27. The maximum atomic E-state index is 11.4. The summed E-state index contributed by atoms with van der Waals surface area (Å²) < 4.78 is 4.94. The van der Waals surface area contributed by atoms with Gasteiger partial charge in [-0.2, -0.15) is 0 Å². The molecule has 0 spiro atoms. The third kappa shape index (κ3) is 4.65. The largest absolute Gasteiger partial charge is 0.465 e. The number of esters is 1. The molecule has 1 aromatic carbocycles. The molecule has 2 rings (SSSR count). The average molecular weight is 304 g/mol. The van der Waals surface area contributed by atoms with Crippen molar-refractivity contribution in [1.82, 2.24) is 9.88 Å². The molecule has 0 saturated heterocycles. The second kappa shape index (κ2) is 7.33. The lowest BCUT2D eigenvalue weighted by molar-refractivity contribution is -0.144. The Balaban J connectivity index is 1.96. The van der Waals surface area contributed by atoms with Gasteiger partial charge in [-0.1, -0.05) is 29.8 Å². The molecule has 0 aliphatic carbocycles. The minimum absolute atomic E-state index is 0.200. The van der Waals surface area contributed by atoms with Crippen LogP contribution in [0.25, 0.3) is 10.6 Å². The molecule has 21 heavy (non-hydrogen) atoms. The quantitative estimate of drug-likeness (QED) is 0.769. The fraction of sp³-hybridized carbons (Fsp3) is 0.375. The number of aromatic nitrogens is 1. The molecule has 0 bridgehead atoms. The van der Waals surface area contributed by atoms with E-state index in [0.717, 1.165) is 16.3 Å². The van der Waals surface area contributed by atoms with Crippen LogP contribution >= 0.6 is 11.3 Å². The minimum atomic E-state index is -0.200. The van der Waals surface area contributed by atoms with Gasteiger partial charge in [-0.3, -0.25) is 9.69 Å². The molecule has 5 heteroatoms. The second-order valence-electron chi connectivity index (χ2n) is 4.99. The zero-order valence-corrected chi connectivity index (χ0v) is 13.4. The van der Waals surface area contributed by atoms with Gasteiger partial charge in [0.15, 0.2) is 0 Å². The highest BCUT2D eigenvalue weighted by Gasteiger charge is 2.10. The molecule has 1 aromatic heterocycles. The van der Waals surface area contributed by atoms with E-state index in [1.807, 2.05) is 24.3 Å². The Morgan fingerprint density at radius 2 is 2.05 bits per heavy atom. The third-order valence-electron chi connectivity index (χ3n) is 2.99. The molecule has 4 nitrogen and oxygen atoms in total. The Labute approximate surface area is 129 Å². The van der Waals surface area contributed by atoms with Crippen LogP contribution in [-0.2, 0) is 16.1 Å². The predicted octanol–water partition coefficient (Wildman–Crippen LogP) is 3.11. The van der Waals surface area contributed by atoms with Gasteiger partial charge >= 0.3 is 5.97 Å². The number of ether oxygens (including phenoxy) is 1. The van der Waals surface area contributed by atoms with Crippen LogP contribution in [0, 0.1) is 6.92 Å². The van der Waals surface area contributed by atoms with Gasteiger partial charge in [0.25, 0.3) is 0 Å². The SMILES string of the molecule is CCOC(=O)CN(C)Cc1csc(-c2ccc(C)cc2)n1. The molecule has 0 fully saturated rings. The number of carbonyl (C=O) groups excluding carboxylic acids is 1. The highest BCUT2D eigenvalue weighted by Crippen LogP contribution is 2.24. The number of thiazole rings is 1. The fourth-order valence-electron chi connectivity index (χ4n) is 1.97. The molecule has 0 saturated carbocycles. The van der Waals surface area contributed by atoms with Crippen molar-refractivity contribution >= 4 is 17.3 Å². The van der Waals surface area contributed by atoms with E-state index in [0.29, 0.717) is 13.2 Å². The van der Waals surface area contributed by atoms with Crippen molar-refractivity contribution in [1.29, 1.82) is 0 Å². The molecule has 0 N–H and O–H groups in total. The first-order valence-electron chi connectivity index (χ1n) is 6.94. The summed E-state index contributed by atoms with van der Waals surface area (Å²) in [6.45, 7) is 5.22. The van der Waals surface area contributed by atoms with Crippen LogP contribution in [0.2, 0.25) is 0 Å². The maximum absolute atomic E-state index is 11.4. The number of likely N-dealkylation sites (N-methyl/N-ethyl adjacent to an activating group) is 1. The Morgan fingerprint density at radius 3 is 2.71 bits per heavy atom. The average Bonchev–Trinajstić information content (AvgIpc) is 2.88. The van der Waals surface area contributed by atoms with E-state index < -0.39 is 0 Å². The summed E-state index contributed by atoms with van der Waals surface area (Å²) in [6, 6.07) is 8.34. The van der Waals surface area contributed by atoms with Gasteiger partial charge in [0.05, 0.1) is 18.8 Å². The summed E-state index contributed by atoms with van der Waals surface area (Å²) in [7, 11) is 1.89. The molecule has 0 aliphatic rings. The third-order valence-corrected chi connectivity index (χ3v) is 3.93. The molecular weight excluding hydrogens is 284 g/mol. The molecular formula is C16H20N2O2S. The van der Waals surface area contributed by atoms with E-state index in [-0.39, 0.29) is 12.5 Å². The van der Waals surface area contributed by atoms with E-state index in [9.17, 15) is 4.79 Å². The van der Waals surface area contributed by atoms with Crippen molar-refractivity contribution in [3.8, 4) is 10.6 Å². The number of carbonyl (C=O) groups is 1. The number of aryl methyl sites for hydroxylation is 1. The van der Waals surface area contributed by atoms with Crippen molar-refractivity contribution in [3.63, 3.8) is 0 Å². The van der Waals surface area contributed by atoms with Crippen molar-refractivity contribution < 1.29 is 9.53 Å². The molecule has 0 amide bonds. The van der Waals surface area contributed by atoms with Crippen LogP contribution in [-0.4, -0.2) is 36.1 Å². The first kappa shape index (κ1) is 15.7. The van der Waals surface area contributed by atoms with Crippen LogP contribution in [0.3, 0.4) is 0 Å². The second-order valence-corrected chi connectivity index (χ2v) is 5.85. The van der Waals surface area contributed by atoms with E-state index in [1.54, 1.807) is 11.3 Å². The van der Waals surface area contributed by atoms with Crippen molar-refractivity contribution in [2.75, 3.05) is 20.2 Å². The van der Waals surface area contributed by atoms with Crippen LogP contribution in [0.1, 0.15) is 18.2 Å². The summed E-state index contributed by atoms with van der Waals surface area (Å²) in [6.07, 6.45) is 0. The normalized spacial score (nSPS) is 10.9. The topological polar surface area (TPSA) is 42.4 Å². The Kier molecular flexibility index (Phi) is 5.47. The van der Waals surface area contributed by atoms with Crippen molar-refractivity contribution in [2.24, 2.45) is 0 Å². The summed E-state index contributed by atoms with van der Waals surface area (Å²) >= 11 is 1.63.